The molecule has 0 aromatic carbocycles. The van der Waals surface area contributed by atoms with Gasteiger partial charge in [0.15, 0.2) is 0 Å². The number of hydrogen-bond donors (Lipinski definition) is 4. The molecule has 13 nitrogen and oxygen atoms in total. The Balaban J connectivity index is 0.00000113. The molecule has 4 N–H and O–H groups in total. The third-order valence-corrected chi connectivity index (χ3v) is 10.3. The first-order valence-corrected chi connectivity index (χ1v) is 21.3. The van der Waals surface area contributed by atoms with E-state index in [0.717, 1.165) is 31.6 Å². The van der Waals surface area contributed by atoms with E-state index in [1.165, 1.54) is 68.1 Å². The zero-order chi connectivity index (χ0) is 41.9. The van der Waals surface area contributed by atoms with E-state index >= 15 is 0 Å². The molecule has 1 aromatic heterocycles. The standard InChI is InChI=1S/C31H45N7O6.C7H14.C3H8.C2H6/c1-4-6-11-21(25(40)29(43)34-15-5-2)36-28(42)23-12-10-18-38(23)30(44)26(31(3)13-8-7-9-14-31)37-24(39)20-35-27(41)22-19-32-16-17-33-22;1-7-5-3-2-4-6-7;1-3-2;1-2/h5,16-17,19,21,23,26H,2,4,6-15,18,20H2,1,3H3,(H,34,43)(H,35,41)(H,36,42)(H,37,39);7H,2-6H2,1H3;3H2,1-2H3;1-2H3. The first-order valence-electron chi connectivity index (χ1n) is 21.3. The largest absolute Gasteiger partial charge is 0.346 e. The van der Waals surface area contributed by atoms with E-state index in [0.29, 0.717) is 45.1 Å². The Hall–Kier alpha value is -4.16. The van der Waals surface area contributed by atoms with Crippen molar-refractivity contribution in [1.29, 1.82) is 0 Å². The molecule has 3 aliphatic rings. The predicted molar refractivity (Wildman–Crippen MR) is 221 cm³/mol. The highest BCUT2D eigenvalue weighted by atomic mass is 16.2. The van der Waals surface area contributed by atoms with Gasteiger partial charge in [-0.1, -0.05) is 125 Å². The van der Waals surface area contributed by atoms with Gasteiger partial charge in [0.05, 0.1) is 18.8 Å². The molecule has 2 saturated carbocycles. The van der Waals surface area contributed by atoms with Crippen LogP contribution in [-0.2, 0) is 24.0 Å². The fourth-order valence-electron chi connectivity index (χ4n) is 7.19. The quantitative estimate of drug-likeness (QED) is 0.119. The average molecular weight is 784 g/mol. The second kappa shape index (κ2) is 28.3. The molecule has 56 heavy (non-hydrogen) atoms. The Morgan fingerprint density at radius 2 is 1.55 bits per heavy atom. The summed E-state index contributed by atoms with van der Waals surface area (Å²) in [7, 11) is 0. The summed E-state index contributed by atoms with van der Waals surface area (Å²) in [4.78, 5) is 87.7. The van der Waals surface area contributed by atoms with E-state index in [1.54, 1.807) is 0 Å². The SMILES string of the molecule is C=CCNC(=O)C(=O)C(CCCC)NC(=O)C1CCCN1C(=O)C(NC(=O)CNC(=O)c1cnccn1)C1(C)CCCCC1.CC.CC1CCCCC1.CCC. The number of unbranched alkanes of at least 4 members (excludes halogenated alkanes) is 1. The number of hydrogen-bond acceptors (Lipinski definition) is 8. The van der Waals surface area contributed by atoms with Crippen LogP contribution < -0.4 is 21.3 Å². The van der Waals surface area contributed by atoms with Crippen molar-refractivity contribution in [2.24, 2.45) is 11.3 Å². The minimum Gasteiger partial charge on any atom is -0.346 e. The van der Waals surface area contributed by atoms with E-state index < -0.39 is 53.0 Å². The molecule has 1 aromatic rings. The lowest BCUT2D eigenvalue weighted by atomic mass is 9.70. The maximum absolute atomic E-state index is 14.2. The molecule has 3 fully saturated rings. The maximum Gasteiger partial charge on any atom is 0.289 e. The lowest BCUT2D eigenvalue weighted by Gasteiger charge is -2.42. The normalized spacial score (nSPS) is 18.3. The van der Waals surface area contributed by atoms with Crippen LogP contribution >= 0.6 is 0 Å². The van der Waals surface area contributed by atoms with Crippen molar-refractivity contribution in [2.45, 2.75) is 169 Å². The number of rotatable bonds is 15. The number of aromatic nitrogens is 2. The monoisotopic (exact) mass is 784 g/mol. The van der Waals surface area contributed by atoms with Gasteiger partial charge in [-0.05, 0) is 43.4 Å². The molecule has 1 aliphatic heterocycles. The lowest BCUT2D eigenvalue weighted by Crippen LogP contribution is -2.61. The fraction of sp³-hybridized carbons (Fsp3) is 0.721. The van der Waals surface area contributed by atoms with Crippen molar-refractivity contribution in [1.82, 2.24) is 36.1 Å². The molecule has 1 saturated heterocycles. The highest BCUT2D eigenvalue weighted by Crippen LogP contribution is 2.40. The summed E-state index contributed by atoms with van der Waals surface area (Å²) < 4.78 is 0. The van der Waals surface area contributed by atoms with Gasteiger partial charge in [-0.3, -0.25) is 33.8 Å². The minimum atomic E-state index is -1.02. The van der Waals surface area contributed by atoms with Crippen LogP contribution in [0.4, 0.5) is 0 Å². The number of carbonyl (C=O) groups excluding carboxylic acids is 6. The Bertz CT molecular complexity index is 1350. The number of carbonyl (C=O) groups is 6. The first kappa shape index (κ1) is 49.9. The van der Waals surface area contributed by atoms with Crippen molar-refractivity contribution in [3.05, 3.63) is 36.9 Å². The summed E-state index contributed by atoms with van der Waals surface area (Å²) in [5, 5.41) is 10.6. The summed E-state index contributed by atoms with van der Waals surface area (Å²) in [6.07, 6.45) is 21.1. The van der Waals surface area contributed by atoms with E-state index in [2.05, 4.69) is 58.6 Å². The zero-order valence-electron chi connectivity index (χ0n) is 35.6. The number of Topliss-reactive ketones (excluding diaryl/α,β-unsaturated/α-hetero) is 1. The number of amides is 5. The van der Waals surface area contributed by atoms with Gasteiger partial charge >= 0.3 is 0 Å². The van der Waals surface area contributed by atoms with Crippen LogP contribution in [0, 0.1) is 11.3 Å². The third kappa shape index (κ3) is 17.3. The second-order valence-corrected chi connectivity index (χ2v) is 15.2. The fourth-order valence-corrected chi connectivity index (χ4v) is 7.19. The van der Waals surface area contributed by atoms with Crippen LogP contribution in [0.2, 0.25) is 0 Å². The van der Waals surface area contributed by atoms with Crippen molar-refractivity contribution >= 4 is 35.3 Å². The van der Waals surface area contributed by atoms with Gasteiger partial charge in [0.25, 0.3) is 11.8 Å². The molecule has 4 rings (SSSR count). The van der Waals surface area contributed by atoms with Gasteiger partial charge in [0.2, 0.25) is 23.5 Å². The number of nitrogens with zero attached hydrogens (tertiary/aromatic N) is 3. The predicted octanol–water partition coefficient (Wildman–Crippen LogP) is 6.23. The van der Waals surface area contributed by atoms with Gasteiger partial charge < -0.3 is 26.2 Å². The van der Waals surface area contributed by atoms with Gasteiger partial charge in [-0.15, -0.1) is 6.58 Å². The summed E-state index contributed by atoms with van der Waals surface area (Å²) in [6, 6.07) is -2.79. The second-order valence-electron chi connectivity index (χ2n) is 15.2. The average Bonchev–Trinajstić information content (AvgIpc) is 3.72. The molecule has 5 amide bonds. The summed E-state index contributed by atoms with van der Waals surface area (Å²) in [5.41, 5.74) is -0.487. The Labute approximate surface area is 336 Å². The molecule has 0 bridgehead atoms. The van der Waals surface area contributed by atoms with Crippen LogP contribution in [0.5, 0.6) is 0 Å². The first-order chi connectivity index (χ1) is 26.9. The highest BCUT2D eigenvalue weighted by Gasteiger charge is 2.46. The van der Waals surface area contributed by atoms with Crippen molar-refractivity contribution in [3.63, 3.8) is 0 Å². The van der Waals surface area contributed by atoms with Crippen molar-refractivity contribution in [3.8, 4) is 0 Å². The third-order valence-electron chi connectivity index (χ3n) is 10.3. The number of ketones is 1. The molecule has 2 heterocycles. The van der Waals surface area contributed by atoms with Crippen LogP contribution in [0.1, 0.15) is 162 Å². The maximum atomic E-state index is 14.2. The van der Waals surface area contributed by atoms with E-state index in [-0.39, 0.29) is 24.7 Å². The molecule has 13 heteroatoms. The summed E-state index contributed by atoms with van der Waals surface area (Å²) in [6.45, 7) is 18.1. The highest BCUT2D eigenvalue weighted by molar-refractivity contribution is 6.38. The van der Waals surface area contributed by atoms with E-state index in [4.69, 9.17) is 0 Å². The van der Waals surface area contributed by atoms with Gasteiger partial charge in [0.1, 0.15) is 17.8 Å². The summed E-state index contributed by atoms with van der Waals surface area (Å²) >= 11 is 0. The number of likely N-dealkylation sites (tertiary alicyclic amines) is 1. The van der Waals surface area contributed by atoms with Crippen LogP contribution in [0.25, 0.3) is 0 Å². The molecule has 3 atom stereocenters. The van der Waals surface area contributed by atoms with Crippen molar-refractivity contribution in [2.75, 3.05) is 19.6 Å². The molecule has 2 aliphatic carbocycles. The molecular formula is C43H73N7O6. The Kier molecular flexibility index (Phi) is 25.2. The zero-order valence-corrected chi connectivity index (χ0v) is 35.6. The minimum absolute atomic E-state index is 0.0620. The Morgan fingerprint density at radius 1 is 0.911 bits per heavy atom. The summed E-state index contributed by atoms with van der Waals surface area (Å²) in [5.74, 6) is -2.49. The molecule has 0 spiro atoms. The topological polar surface area (TPSA) is 180 Å². The van der Waals surface area contributed by atoms with Gasteiger partial charge in [0, 0.05) is 25.5 Å². The lowest BCUT2D eigenvalue weighted by molar-refractivity contribution is -0.146. The van der Waals surface area contributed by atoms with Crippen molar-refractivity contribution < 1.29 is 28.8 Å². The molecule has 3 unspecified atom stereocenters. The van der Waals surface area contributed by atoms with E-state index in [9.17, 15) is 28.8 Å². The van der Waals surface area contributed by atoms with Crippen LogP contribution in [0.15, 0.2) is 31.2 Å². The smallest absolute Gasteiger partial charge is 0.289 e. The Morgan fingerprint density at radius 3 is 2.11 bits per heavy atom. The molecule has 316 valence electrons. The van der Waals surface area contributed by atoms with Crippen LogP contribution in [-0.4, -0.2) is 87.9 Å². The molecular weight excluding hydrogens is 711 g/mol. The van der Waals surface area contributed by atoms with E-state index in [1.807, 2.05) is 27.7 Å². The van der Waals surface area contributed by atoms with Gasteiger partial charge in [-0.2, -0.15) is 0 Å². The van der Waals surface area contributed by atoms with Crippen LogP contribution in [0.3, 0.4) is 0 Å². The number of nitrogens with one attached hydrogen (secondary N) is 4. The molecule has 0 radical (unpaired) electrons. The van der Waals surface area contributed by atoms with Gasteiger partial charge in [-0.25, -0.2) is 4.98 Å².